The molecule has 2 amide bonds. The summed E-state index contributed by atoms with van der Waals surface area (Å²) in [6.45, 7) is 8.85. The van der Waals surface area contributed by atoms with Crippen LogP contribution in [0.25, 0.3) is 10.8 Å². The van der Waals surface area contributed by atoms with Crippen molar-refractivity contribution in [2.45, 2.75) is 50.3 Å². The molecule has 0 saturated carbocycles. The molecule has 1 aliphatic rings. The van der Waals surface area contributed by atoms with Crippen molar-refractivity contribution in [1.29, 1.82) is 0 Å². The second-order valence-corrected chi connectivity index (χ2v) is 14.2. The summed E-state index contributed by atoms with van der Waals surface area (Å²) < 4.78 is 37.4. The van der Waals surface area contributed by atoms with Crippen molar-refractivity contribution in [3.05, 3.63) is 102 Å². The largest absolute Gasteiger partial charge is 0.444 e. The highest BCUT2D eigenvalue weighted by Gasteiger charge is 2.34. The van der Waals surface area contributed by atoms with Crippen molar-refractivity contribution >= 4 is 32.9 Å². The first-order valence-electron chi connectivity index (χ1n) is 15.8. The van der Waals surface area contributed by atoms with Crippen LogP contribution in [-0.2, 0) is 32.5 Å². The molecule has 0 bridgehead atoms. The average Bonchev–Trinajstić information content (AvgIpc) is 3.06. The Labute approximate surface area is 277 Å². The highest BCUT2D eigenvalue weighted by atomic mass is 32.2. The van der Waals surface area contributed by atoms with Gasteiger partial charge in [0.1, 0.15) is 17.4 Å². The number of rotatable bonds is 10. The third kappa shape index (κ3) is 8.87. The predicted molar refractivity (Wildman–Crippen MR) is 181 cm³/mol. The van der Waals surface area contributed by atoms with Crippen LogP contribution >= 0.6 is 0 Å². The lowest BCUT2D eigenvalue weighted by Crippen LogP contribution is -2.56. The molecule has 1 aromatic heterocycles. The van der Waals surface area contributed by atoms with Gasteiger partial charge in [0.15, 0.2) is 0 Å². The van der Waals surface area contributed by atoms with E-state index in [0.717, 1.165) is 37.0 Å². The number of hydrogen-bond acceptors (Lipinski definition) is 8. The predicted octanol–water partition coefficient (Wildman–Crippen LogP) is 5.17. The fourth-order valence-electron chi connectivity index (χ4n) is 5.55. The molecule has 10 nitrogen and oxygen atoms in total. The van der Waals surface area contributed by atoms with E-state index in [0.29, 0.717) is 18.5 Å². The van der Waals surface area contributed by atoms with Gasteiger partial charge >= 0.3 is 16.2 Å². The minimum Gasteiger partial charge on any atom is -0.444 e. The Bertz CT molecular complexity index is 1780. The fourth-order valence-corrected chi connectivity index (χ4v) is 6.64. The first-order chi connectivity index (χ1) is 22.4. The van der Waals surface area contributed by atoms with E-state index in [1.165, 1.54) is 16.7 Å². The third-order valence-electron chi connectivity index (χ3n) is 8.11. The van der Waals surface area contributed by atoms with Gasteiger partial charge in [-0.1, -0.05) is 66.7 Å². The summed E-state index contributed by atoms with van der Waals surface area (Å²) in [6, 6.07) is 24.8. The fraction of sp³-hybridized carbons (Fsp3) is 0.361. The van der Waals surface area contributed by atoms with Gasteiger partial charge in [0.2, 0.25) is 10.9 Å². The normalized spacial score (nSPS) is 14.9. The van der Waals surface area contributed by atoms with Crippen molar-refractivity contribution < 1.29 is 26.9 Å². The number of carbonyl (C=O) groups excluding carboxylic acids is 2. The van der Waals surface area contributed by atoms with Gasteiger partial charge in [-0.3, -0.25) is 14.6 Å². The van der Waals surface area contributed by atoms with Crippen molar-refractivity contribution in [3.63, 3.8) is 0 Å². The van der Waals surface area contributed by atoms with E-state index < -0.39 is 27.9 Å². The Kier molecular flexibility index (Phi) is 10.5. The molecule has 0 aliphatic carbocycles. The van der Waals surface area contributed by atoms with Crippen LogP contribution in [0, 0.1) is 0 Å². The average molecular weight is 659 g/mol. The maximum absolute atomic E-state index is 14.0. The molecule has 0 radical (unpaired) electrons. The van der Waals surface area contributed by atoms with Gasteiger partial charge in [0.05, 0.1) is 0 Å². The van der Waals surface area contributed by atoms with Crippen LogP contribution in [0.4, 0.5) is 4.79 Å². The second kappa shape index (κ2) is 14.5. The van der Waals surface area contributed by atoms with Gasteiger partial charge in [-0.25, -0.2) is 9.78 Å². The Morgan fingerprint density at radius 1 is 0.872 bits per heavy atom. The summed E-state index contributed by atoms with van der Waals surface area (Å²) in [5.74, 6) is -0.0514. The number of ether oxygens (including phenoxy) is 1. The van der Waals surface area contributed by atoms with Crippen LogP contribution in [0.2, 0.25) is 0 Å². The first kappa shape index (κ1) is 33.9. The molecule has 5 rings (SSSR count). The number of nitrogens with zero attached hydrogens (tertiary/aromatic N) is 4. The molecule has 4 aromatic rings. The maximum atomic E-state index is 14.0. The van der Waals surface area contributed by atoms with Crippen molar-refractivity contribution in [3.8, 4) is 5.75 Å². The number of likely N-dealkylation sites (N-methyl/N-ethyl adjacent to an activating group) is 1. The van der Waals surface area contributed by atoms with Gasteiger partial charge < -0.3 is 13.8 Å². The van der Waals surface area contributed by atoms with Crippen LogP contribution in [0.5, 0.6) is 5.75 Å². The molecule has 1 fully saturated rings. The van der Waals surface area contributed by atoms with E-state index in [4.69, 9.17) is 8.92 Å². The van der Waals surface area contributed by atoms with Crippen molar-refractivity contribution in [2.75, 3.05) is 39.8 Å². The Morgan fingerprint density at radius 2 is 1.53 bits per heavy atom. The molecule has 248 valence electrons. The van der Waals surface area contributed by atoms with Crippen LogP contribution in [-0.4, -0.2) is 91.5 Å². The van der Waals surface area contributed by atoms with Crippen molar-refractivity contribution in [2.24, 2.45) is 0 Å². The van der Waals surface area contributed by atoms with Gasteiger partial charge in [-0.05, 0) is 61.9 Å². The van der Waals surface area contributed by atoms with Crippen LogP contribution in [0.15, 0.2) is 96.2 Å². The smallest absolute Gasteiger partial charge is 0.410 e. The monoisotopic (exact) mass is 658 g/mol. The SMILES string of the molecule is CN(C(=O)OC(C)(C)C)[C@@H](Cc1ccc(OS(=O)(=O)c2nccc3ccccc23)cc1)C(=O)N1CCN(CCc2ccccc2)CC1. The highest BCUT2D eigenvalue weighted by molar-refractivity contribution is 7.87. The van der Waals surface area contributed by atoms with E-state index in [1.807, 2.05) is 35.2 Å². The third-order valence-corrected chi connectivity index (χ3v) is 9.32. The summed E-state index contributed by atoms with van der Waals surface area (Å²) in [4.78, 5) is 36.7. The number of hydrogen-bond donors (Lipinski definition) is 0. The van der Waals surface area contributed by atoms with E-state index in [9.17, 15) is 18.0 Å². The molecule has 0 spiro atoms. The number of aromatic nitrogens is 1. The molecule has 1 saturated heterocycles. The van der Waals surface area contributed by atoms with E-state index in [-0.39, 0.29) is 23.1 Å². The number of piperazine rings is 1. The lowest BCUT2D eigenvalue weighted by Gasteiger charge is -2.38. The quantitative estimate of drug-likeness (QED) is 0.215. The zero-order valence-corrected chi connectivity index (χ0v) is 28.2. The standard InChI is InChI=1S/C36H42N4O6S/c1-36(2,3)45-35(42)38(4)32(34(41)40-24-22-39(23-25-40)21-19-27-10-6-5-7-11-27)26-28-14-16-30(17-15-28)46-47(43,44)33-31-13-9-8-12-29(31)18-20-37-33/h5-18,20,32H,19,21-26H2,1-4H3/t32-/m0/s1. The molecule has 0 N–H and O–H groups in total. The molecule has 3 aromatic carbocycles. The lowest BCUT2D eigenvalue weighted by molar-refractivity contribution is -0.138. The van der Waals surface area contributed by atoms with E-state index >= 15 is 0 Å². The van der Waals surface area contributed by atoms with E-state index in [2.05, 4.69) is 22.0 Å². The number of amides is 2. The molecular weight excluding hydrogens is 616 g/mol. The summed E-state index contributed by atoms with van der Waals surface area (Å²) in [7, 11) is -2.64. The number of fused-ring (bicyclic) bond motifs is 1. The molecule has 1 atom stereocenters. The topological polar surface area (TPSA) is 109 Å². The lowest BCUT2D eigenvalue weighted by atomic mass is 10.0. The molecular formula is C36H42N4O6S. The first-order valence-corrected chi connectivity index (χ1v) is 17.2. The summed E-state index contributed by atoms with van der Waals surface area (Å²) in [5, 5.41) is 1.04. The van der Waals surface area contributed by atoms with Crippen LogP contribution < -0.4 is 4.18 Å². The van der Waals surface area contributed by atoms with Gasteiger partial charge in [0, 0.05) is 57.8 Å². The number of benzene rings is 3. The minimum absolute atomic E-state index is 0.110. The Hall–Kier alpha value is -4.48. The molecule has 2 heterocycles. The summed E-state index contributed by atoms with van der Waals surface area (Å²) in [5.41, 5.74) is 1.28. The highest BCUT2D eigenvalue weighted by Crippen LogP contribution is 2.25. The zero-order valence-electron chi connectivity index (χ0n) is 27.3. The second-order valence-electron chi connectivity index (χ2n) is 12.7. The van der Waals surface area contributed by atoms with Gasteiger partial charge in [0.25, 0.3) is 0 Å². The molecule has 11 heteroatoms. The summed E-state index contributed by atoms with van der Waals surface area (Å²) in [6.07, 6.45) is 2.00. The number of pyridine rings is 1. The Morgan fingerprint density at radius 3 is 2.21 bits per heavy atom. The van der Waals surface area contributed by atoms with Gasteiger partial charge in [-0.15, -0.1) is 0 Å². The van der Waals surface area contributed by atoms with Crippen LogP contribution in [0.1, 0.15) is 31.9 Å². The van der Waals surface area contributed by atoms with E-state index in [1.54, 1.807) is 70.3 Å². The maximum Gasteiger partial charge on any atom is 0.410 e. The zero-order chi connectivity index (χ0) is 33.6. The summed E-state index contributed by atoms with van der Waals surface area (Å²) >= 11 is 0. The van der Waals surface area contributed by atoms with Crippen molar-refractivity contribution in [1.82, 2.24) is 19.7 Å². The molecule has 1 aliphatic heterocycles. The Balaban J connectivity index is 1.27. The molecule has 0 unspecified atom stereocenters. The molecule has 47 heavy (non-hydrogen) atoms. The minimum atomic E-state index is -4.22. The van der Waals surface area contributed by atoms with Crippen LogP contribution in [0.3, 0.4) is 0 Å². The van der Waals surface area contributed by atoms with Gasteiger partial charge in [-0.2, -0.15) is 8.42 Å². The number of carbonyl (C=O) groups is 2.